The van der Waals surface area contributed by atoms with E-state index in [-0.39, 0.29) is 24.0 Å². The highest BCUT2D eigenvalue weighted by Crippen LogP contribution is 2.10. The predicted octanol–water partition coefficient (Wildman–Crippen LogP) is 2.88. The van der Waals surface area contributed by atoms with Crippen molar-refractivity contribution < 1.29 is 8.42 Å². The summed E-state index contributed by atoms with van der Waals surface area (Å²) in [7, 11) is -1.43. The lowest BCUT2D eigenvalue weighted by atomic mass is 10.1. The van der Waals surface area contributed by atoms with E-state index in [0.29, 0.717) is 23.9 Å². The average Bonchev–Trinajstić information content (AvgIpc) is 2.55. The third-order valence-corrected chi connectivity index (χ3v) is 4.71. The predicted molar refractivity (Wildman–Crippen MR) is 113 cm³/mol. The number of sulfone groups is 1. The largest absolute Gasteiger partial charge is 0.352 e. The van der Waals surface area contributed by atoms with Gasteiger partial charge in [-0.3, -0.25) is 4.99 Å². The third-order valence-electron chi connectivity index (χ3n) is 3.58. The van der Waals surface area contributed by atoms with E-state index in [4.69, 9.17) is 0 Å². The summed E-state index contributed by atoms with van der Waals surface area (Å²) in [5.74, 6) is 0.698. The van der Waals surface area contributed by atoms with Gasteiger partial charge < -0.3 is 10.6 Å². The lowest BCUT2D eigenvalue weighted by Crippen LogP contribution is -2.36. The van der Waals surface area contributed by atoms with Gasteiger partial charge >= 0.3 is 0 Å². The van der Waals surface area contributed by atoms with Crippen LogP contribution in [0.3, 0.4) is 0 Å². The molecule has 0 unspecified atom stereocenters. The van der Waals surface area contributed by atoms with Crippen LogP contribution in [0.5, 0.6) is 0 Å². The van der Waals surface area contributed by atoms with E-state index in [0.717, 1.165) is 5.56 Å². The molecule has 0 aromatic heterocycles. The van der Waals surface area contributed by atoms with Gasteiger partial charge in [-0.15, -0.1) is 24.0 Å². The van der Waals surface area contributed by atoms with E-state index >= 15 is 0 Å². The van der Waals surface area contributed by atoms with Crippen LogP contribution < -0.4 is 10.6 Å². The van der Waals surface area contributed by atoms with E-state index < -0.39 is 9.84 Å². The van der Waals surface area contributed by atoms with Crippen LogP contribution in [0.1, 0.15) is 16.7 Å². The molecule has 0 saturated heterocycles. The molecule has 0 saturated carbocycles. The van der Waals surface area contributed by atoms with Crippen molar-refractivity contribution in [3.8, 4) is 0 Å². The number of aryl methyl sites for hydroxylation is 1. The molecule has 2 N–H and O–H groups in total. The number of nitrogens with one attached hydrogen (secondary N) is 2. The van der Waals surface area contributed by atoms with Gasteiger partial charge in [0.1, 0.15) is 0 Å². The number of benzene rings is 2. The average molecular weight is 473 g/mol. The first-order valence-corrected chi connectivity index (χ1v) is 9.56. The molecule has 0 atom stereocenters. The number of halogens is 1. The van der Waals surface area contributed by atoms with Crippen molar-refractivity contribution in [3.63, 3.8) is 0 Å². The Labute approximate surface area is 166 Å². The molecule has 136 valence electrons. The maximum absolute atomic E-state index is 11.5. The van der Waals surface area contributed by atoms with E-state index in [1.807, 2.05) is 6.07 Å². The molecule has 7 heteroatoms. The van der Waals surface area contributed by atoms with Crippen LogP contribution >= 0.6 is 24.0 Å². The Bertz CT molecular complexity index is 818. The van der Waals surface area contributed by atoms with E-state index in [9.17, 15) is 8.42 Å². The highest BCUT2D eigenvalue weighted by atomic mass is 127. The zero-order chi connectivity index (χ0) is 17.6. The van der Waals surface area contributed by atoms with E-state index in [1.165, 1.54) is 17.4 Å². The Morgan fingerprint density at radius 1 is 1.00 bits per heavy atom. The second-order valence-electron chi connectivity index (χ2n) is 5.68. The molecule has 0 aliphatic rings. The van der Waals surface area contributed by atoms with Gasteiger partial charge in [-0.1, -0.05) is 42.0 Å². The van der Waals surface area contributed by atoms with Crippen molar-refractivity contribution in [2.24, 2.45) is 4.99 Å². The van der Waals surface area contributed by atoms with Crippen LogP contribution in [0.25, 0.3) is 0 Å². The molecular weight excluding hydrogens is 449 g/mol. The molecule has 0 amide bonds. The van der Waals surface area contributed by atoms with Crippen molar-refractivity contribution in [1.82, 2.24) is 10.6 Å². The number of hydrogen-bond donors (Lipinski definition) is 2. The van der Waals surface area contributed by atoms with Gasteiger partial charge in [-0.2, -0.15) is 0 Å². The van der Waals surface area contributed by atoms with Gasteiger partial charge in [0.25, 0.3) is 0 Å². The Balaban J connectivity index is 0.00000312. The molecule has 0 aliphatic heterocycles. The van der Waals surface area contributed by atoms with Crippen LogP contribution in [0.15, 0.2) is 58.4 Å². The van der Waals surface area contributed by atoms with Crippen molar-refractivity contribution in [2.45, 2.75) is 24.9 Å². The van der Waals surface area contributed by atoms with Crippen molar-refractivity contribution >= 4 is 39.8 Å². The van der Waals surface area contributed by atoms with Crippen LogP contribution in [0.2, 0.25) is 0 Å². The minimum Gasteiger partial charge on any atom is -0.352 e. The second kappa shape index (κ2) is 9.76. The molecular formula is C18H24IN3O2S. The number of nitrogens with zero attached hydrogens (tertiary/aromatic N) is 1. The normalized spacial score (nSPS) is 11.6. The summed E-state index contributed by atoms with van der Waals surface area (Å²) in [6.45, 7) is 3.32. The van der Waals surface area contributed by atoms with Crippen LogP contribution in [-0.4, -0.2) is 27.7 Å². The van der Waals surface area contributed by atoms with Gasteiger partial charge in [0.05, 0.1) is 4.90 Å². The SMILES string of the molecule is CN=C(NCc1ccc(S(C)(=O)=O)cc1)NCc1cccc(C)c1.I. The quantitative estimate of drug-likeness (QED) is 0.398. The van der Waals surface area contributed by atoms with Gasteiger partial charge in [-0.05, 0) is 30.2 Å². The number of rotatable bonds is 5. The van der Waals surface area contributed by atoms with Gasteiger partial charge in [0.2, 0.25) is 0 Å². The number of hydrogen-bond acceptors (Lipinski definition) is 3. The summed E-state index contributed by atoms with van der Waals surface area (Å²) < 4.78 is 22.9. The summed E-state index contributed by atoms with van der Waals surface area (Å²) in [5.41, 5.74) is 3.40. The Kier molecular flexibility index (Phi) is 8.37. The third kappa shape index (κ3) is 7.03. The summed E-state index contributed by atoms with van der Waals surface area (Å²) in [6, 6.07) is 15.1. The Morgan fingerprint density at radius 3 is 2.12 bits per heavy atom. The summed E-state index contributed by atoms with van der Waals surface area (Å²) in [5, 5.41) is 6.48. The molecule has 0 aliphatic carbocycles. The molecule has 2 aromatic carbocycles. The molecule has 2 aromatic rings. The monoisotopic (exact) mass is 473 g/mol. The van der Waals surface area contributed by atoms with Crippen molar-refractivity contribution in [3.05, 3.63) is 65.2 Å². The molecule has 0 heterocycles. The van der Waals surface area contributed by atoms with Crippen LogP contribution in [-0.2, 0) is 22.9 Å². The first-order valence-electron chi connectivity index (χ1n) is 7.67. The van der Waals surface area contributed by atoms with Gasteiger partial charge in [0.15, 0.2) is 15.8 Å². The summed E-state index contributed by atoms with van der Waals surface area (Å²) in [6.07, 6.45) is 1.21. The molecule has 5 nitrogen and oxygen atoms in total. The van der Waals surface area contributed by atoms with Crippen molar-refractivity contribution in [2.75, 3.05) is 13.3 Å². The fourth-order valence-electron chi connectivity index (χ4n) is 2.27. The molecule has 0 bridgehead atoms. The van der Waals surface area contributed by atoms with E-state index in [2.05, 4.69) is 40.7 Å². The number of aliphatic imine (C=N–C) groups is 1. The molecule has 0 spiro atoms. The van der Waals surface area contributed by atoms with Crippen LogP contribution in [0.4, 0.5) is 0 Å². The lowest BCUT2D eigenvalue weighted by Gasteiger charge is -2.12. The topological polar surface area (TPSA) is 70.6 Å². The smallest absolute Gasteiger partial charge is 0.191 e. The lowest BCUT2D eigenvalue weighted by molar-refractivity contribution is 0.602. The molecule has 2 rings (SSSR count). The molecule has 0 fully saturated rings. The number of guanidine groups is 1. The Hall–Kier alpha value is -1.61. The van der Waals surface area contributed by atoms with Crippen molar-refractivity contribution in [1.29, 1.82) is 0 Å². The standard InChI is InChI=1S/C18H23N3O2S.HI/c1-14-5-4-6-16(11-14)13-21-18(19-2)20-12-15-7-9-17(10-8-15)24(3,22)23;/h4-11H,12-13H2,1-3H3,(H2,19,20,21);1H. The maximum Gasteiger partial charge on any atom is 0.191 e. The minimum atomic E-state index is -3.15. The summed E-state index contributed by atoms with van der Waals surface area (Å²) >= 11 is 0. The second-order valence-corrected chi connectivity index (χ2v) is 7.70. The fraction of sp³-hybridized carbons (Fsp3) is 0.278. The zero-order valence-corrected chi connectivity index (χ0v) is 17.8. The highest BCUT2D eigenvalue weighted by molar-refractivity contribution is 14.0. The van der Waals surface area contributed by atoms with Gasteiger partial charge in [0, 0.05) is 26.4 Å². The molecule has 25 heavy (non-hydrogen) atoms. The molecule has 0 radical (unpaired) electrons. The maximum atomic E-state index is 11.5. The summed E-state index contributed by atoms with van der Waals surface area (Å²) in [4.78, 5) is 4.52. The van der Waals surface area contributed by atoms with Gasteiger partial charge in [-0.25, -0.2) is 8.42 Å². The fourth-order valence-corrected chi connectivity index (χ4v) is 2.90. The highest BCUT2D eigenvalue weighted by Gasteiger charge is 2.06. The zero-order valence-electron chi connectivity index (χ0n) is 14.6. The first kappa shape index (κ1) is 21.4. The first-order chi connectivity index (χ1) is 11.4. The Morgan fingerprint density at radius 2 is 1.60 bits per heavy atom. The van der Waals surface area contributed by atoms with E-state index in [1.54, 1.807) is 31.3 Å². The van der Waals surface area contributed by atoms with Crippen LogP contribution in [0, 0.1) is 6.92 Å². The minimum absolute atomic E-state index is 0.